The van der Waals surface area contributed by atoms with Gasteiger partial charge in [-0.25, -0.2) is 14.8 Å². The highest BCUT2D eigenvalue weighted by Crippen LogP contribution is 2.00. The fraction of sp³-hybridized carbons (Fsp3) is 0.375. The minimum absolute atomic E-state index is 0.207. The predicted molar refractivity (Wildman–Crippen MR) is 50.3 cm³/mol. The summed E-state index contributed by atoms with van der Waals surface area (Å²) in [4.78, 5) is 18.7. The molecule has 5 nitrogen and oxygen atoms in total. The lowest BCUT2D eigenvalue weighted by Gasteiger charge is -2.00. The van der Waals surface area contributed by atoms with Crippen molar-refractivity contribution in [1.29, 1.82) is 0 Å². The van der Waals surface area contributed by atoms with E-state index in [1.54, 1.807) is 6.92 Å². The molecule has 0 aromatic carbocycles. The van der Waals surface area contributed by atoms with Crippen LogP contribution in [0.5, 0.6) is 0 Å². The molecule has 14 heavy (non-hydrogen) atoms. The van der Waals surface area contributed by atoms with Crippen LogP contribution in [0.4, 0.5) is 0 Å². The van der Waals surface area contributed by atoms with Gasteiger partial charge in [0, 0.05) is 18.6 Å². The fourth-order valence-corrected chi connectivity index (χ4v) is 1.19. The SMILES string of the molecule is CCOC(=O)c1cnc(S(C)=O)nc1. The van der Waals surface area contributed by atoms with Crippen molar-refractivity contribution in [2.75, 3.05) is 12.9 Å². The summed E-state index contributed by atoms with van der Waals surface area (Å²) in [6, 6.07) is 0. The van der Waals surface area contributed by atoms with Crippen LogP contribution in [-0.2, 0) is 15.5 Å². The molecule has 0 saturated heterocycles. The summed E-state index contributed by atoms with van der Waals surface area (Å²) in [6.07, 6.45) is 4.09. The van der Waals surface area contributed by atoms with Gasteiger partial charge in [-0.05, 0) is 6.92 Å². The first kappa shape index (κ1) is 10.8. The van der Waals surface area contributed by atoms with Gasteiger partial charge in [-0.3, -0.25) is 4.21 Å². The monoisotopic (exact) mass is 214 g/mol. The van der Waals surface area contributed by atoms with E-state index >= 15 is 0 Å². The third-order valence-electron chi connectivity index (χ3n) is 1.40. The average Bonchev–Trinajstić information content (AvgIpc) is 2.18. The number of rotatable bonds is 3. The number of carbonyl (C=O) groups is 1. The number of hydrogen-bond acceptors (Lipinski definition) is 5. The molecule has 0 spiro atoms. The standard InChI is InChI=1S/C8H10N2O3S/c1-3-13-7(11)6-4-9-8(10-5-6)14(2)12/h4-5H,3H2,1-2H3. The van der Waals surface area contributed by atoms with Crippen LogP contribution in [0.25, 0.3) is 0 Å². The van der Waals surface area contributed by atoms with Gasteiger partial charge < -0.3 is 4.74 Å². The van der Waals surface area contributed by atoms with Crippen LogP contribution in [0.1, 0.15) is 17.3 Å². The first-order valence-corrected chi connectivity index (χ1v) is 5.53. The molecule has 0 aliphatic rings. The molecular weight excluding hydrogens is 204 g/mol. The third kappa shape index (κ3) is 2.59. The van der Waals surface area contributed by atoms with Crippen LogP contribution in [0.15, 0.2) is 17.6 Å². The Balaban J connectivity index is 2.83. The van der Waals surface area contributed by atoms with Crippen LogP contribution in [0, 0.1) is 0 Å². The van der Waals surface area contributed by atoms with E-state index in [9.17, 15) is 9.00 Å². The summed E-state index contributed by atoms with van der Waals surface area (Å²) in [5, 5.41) is 0.207. The van der Waals surface area contributed by atoms with Gasteiger partial charge in [0.25, 0.3) is 0 Å². The lowest BCUT2D eigenvalue weighted by molar-refractivity contribution is 0.0525. The Bertz CT molecular complexity index is 350. The predicted octanol–water partition coefficient (Wildman–Crippen LogP) is 0.391. The van der Waals surface area contributed by atoms with Gasteiger partial charge in [0.05, 0.1) is 23.0 Å². The van der Waals surface area contributed by atoms with Crippen LogP contribution < -0.4 is 0 Å². The minimum atomic E-state index is -1.23. The molecule has 1 atom stereocenters. The molecule has 1 rings (SSSR count). The van der Waals surface area contributed by atoms with E-state index in [4.69, 9.17) is 4.74 Å². The van der Waals surface area contributed by atoms with Crippen molar-refractivity contribution in [3.05, 3.63) is 18.0 Å². The molecule has 1 aromatic heterocycles. The molecule has 0 saturated carbocycles. The molecule has 0 N–H and O–H groups in total. The molecule has 76 valence electrons. The number of aromatic nitrogens is 2. The molecular formula is C8H10N2O3S. The molecule has 0 aliphatic carbocycles. The summed E-state index contributed by atoms with van der Waals surface area (Å²) in [5.41, 5.74) is 0.265. The third-order valence-corrected chi connectivity index (χ3v) is 2.12. The quantitative estimate of drug-likeness (QED) is 0.537. The van der Waals surface area contributed by atoms with Gasteiger partial charge in [-0.15, -0.1) is 0 Å². The molecule has 0 fully saturated rings. The molecule has 6 heteroatoms. The highest BCUT2D eigenvalue weighted by molar-refractivity contribution is 7.84. The summed E-state index contributed by atoms with van der Waals surface area (Å²) >= 11 is 0. The first-order chi connectivity index (χ1) is 6.65. The second-order valence-electron chi connectivity index (χ2n) is 2.43. The van der Waals surface area contributed by atoms with Gasteiger partial charge in [0.1, 0.15) is 0 Å². The van der Waals surface area contributed by atoms with E-state index in [2.05, 4.69) is 9.97 Å². The zero-order valence-corrected chi connectivity index (χ0v) is 8.71. The minimum Gasteiger partial charge on any atom is -0.462 e. The molecule has 0 bridgehead atoms. The van der Waals surface area contributed by atoms with Gasteiger partial charge in [0.2, 0.25) is 5.16 Å². The summed E-state index contributed by atoms with van der Waals surface area (Å²) in [7, 11) is -1.23. The Hall–Kier alpha value is -1.30. The van der Waals surface area contributed by atoms with Crippen molar-refractivity contribution >= 4 is 16.8 Å². The van der Waals surface area contributed by atoms with E-state index in [0.29, 0.717) is 6.61 Å². The Morgan fingerprint density at radius 3 is 2.50 bits per heavy atom. The lowest BCUT2D eigenvalue weighted by atomic mass is 10.3. The summed E-state index contributed by atoms with van der Waals surface area (Å²) in [6.45, 7) is 2.02. The Morgan fingerprint density at radius 1 is 1.50 bits per heavy atom. The van der Waals surface area contributed by atoms with E-state index in [1.807, 2.05) is 0 Å². The van der Waals surface area contributed by atoms with Crippen molar-refractivity contribution in [3.8, 4) is 0 Å². The lowest BCUT2D eigenvalue weighted by Crippen LogP contribution is -2.07. The zero-order valence-electron chi connectivity index (χ0n) is 7.89. The maximum atomic E-state index is 11.1. The number of nitrogens with zero attached hydrogens (tertiary/aromatic N) is 2. The topological polar surface area (TPSA) is 69.2 Å². The normalized spacial score (nSPS) is 12.1. The molecule has 0 amide bonds. The maximum Gasteiger partial charge on any atom is 0.341 e. The molecule has 0 aliphatic heterocycles. The number of hydrogen-bond donors (Lipinski definition) is 0. The maximum absolute atomic E-state index is 11.1. The molecule has 0 radical (unpaired) electrons. The van der Waals surface area contributed by atoms with Crippen molar-refractivity contribution < 1.29 is 13.7 Å². The second kappa shape index (κ2) is 4.80. The van der Waals surface area contributed by atoms with Crippen molar-refractivity contribution in [1.82, 2.24) is 9.97 Å². The Morgan fingerprint density at radius 2 is 2.07 bits per heavy atom. The van der Waals surface area contributed by atoms with Crippen molar-refractivity contribution in [3.63, 3.8) is 0 Å². The van der Waals surface area contributed by atoms with Gasteiger partial charge >= 0.3 is 5.97 Å². The van der Waals surface area contributed by atoms with E-state index in [0.717, 1.165) is 0 Å². The van der Waals surface area contributed by atoms with Crippen LogP contribution in [0.2, 0.25) is 0 Å². The first-order valence-electron chi connectivity index (χ1n) is 3.97. The van der Waals surface area contributed by atoms with Gasteiger partial charge in [-0.1, -0.05) is 0 Å². The summed E-state index contributed by atoms with van der Waals surface area (Å²) < 4.78 is 15.7. The molecule has 1 unspecified atom stereocenters. The smallest absolute Gasteiger partial charge is 0.341 e. The van der Waals surface area contributed by atoms with Crippen LogP contribution >= 0.6 is 0 Å². The van der Waals surface area contributed by atoms with Crippen molar-refractivity contribution in [2.24, 2.45) is 0 Å². The van der Waals surface area contributed by atoms with Crippen LogP contribution in [0.3, 0.4) is 0 Å². The number of carbonyl (C=O) groups excluding carboxylic acids is 1. The average molecular weight is 214 g/mol. The Kier molecular flexibility index (Phi) is 3.70. The largest absolute Gasteiger partial charge is 0.462 e. The zero-order chi connectivity index (χ0) is 10.6. The summed E-state index contributed by atoms with van der Waals surface area (Å²) in [5.74, 6) is -0.471. The van der Waals surface area contributed by atoms with E-state index in [-0.39, 0.29) is 10.7 Å². The number of esters is 1. The van der Waals surface area contributed by atoms with Crippen LogP contribution in [-0.4, -0.2) is 33.0 Å². The van der Waals surface area contributed by atoms with Gasteiger partial charge in [-0.2, -0.15) is 0 Å². The molecule has 1 heterocycles. The van der Waals surface area contributed by atoms with Crippen molar-refractivity contribution in [2.45, 2.75) is 12.1 Å². The highest BCUT2D eigenvalue weighted by Gasteiger charge is 2.08. The number of ether oxygens (including phenoxy) is 1. The van der Waals surface area contributed by atoms with E-state index in [1.165, 1.54) is 18.6 Å². The second-order valence-corrected chi connectivity index (χ2v) is 3.70. The van der Waals surface area contributed by atoms with Gasteiger partial charge in [0.15, 0.2) is 0 Å². The molecule has 1 aromatic rings. The van der Waals surface area contributed by atoms with E-state index < -0.39 is 16.8 Å². The Labute approximate surface area is 84.0 Å². The highest BCUT2D eigenvalue weighted by atomic mass is 32.2. The fourth-order valence-electron chi connectivity index (χ4n) is 0.784.